The zero-order chi connectivity index (χ0) is 12.0. The minimum absolute atomic E-state index is 0. The molecule has 1 rings (SSSR count). The van der Waals surface area contributed by atoms with E-state index in [9.17, 15) is 4.79 Å². The number of ether oxygens (including phenoxy) is 1. The number of nitrogens with two attached hydrogens (primary N) is 1. The monoisotopic (exact) mass is 258 g/mol. The molecule has 0 saturated heterocycles. The number of amides is 1. The Morgan fingerprint density at radius 1 is 1.35 bits per heavy atom. The van der Waals surface area contributed by atoms with Crippen molar-refractivity contribution in [1.29, 1.82) is 0 Å². The van der Waals surface area contributed by atoms with E-state index in [0.717, 1.165) is 0 Å². The fourth-order valence-corrected chi connectivity index (χ4v) is 1.18. The molecular weight excluding hydrogens is 240 g/mol. The number of rotatable bonds is 5. The minimum Gasteiger partial charge on any atom is -0.481 e. The summed E-state index contributed by atoms with van der Waals surface area (Å²) in [4.78, 5) is 11.6. The van der Waals surface area contributed by atoms with Gasteiger partial charge in [0.2, 0.25) is 0 Å². The fraction of sp³-hybridized carbons (Fsp3) is 0.417. The summed E-state index contributed by atoms with van der Waals surface area (Å²) >= 11 is 0. The third-order valence-corrected chi connectivity index (χ3v) is 2.17. The predicted octanol–water partition coefficient (Wildman–Crippen LogP) is 1.34. The molecule has 0 aromatic heterocycles. The van der Waals surface area contributed by atoms with Crippen LogP contribution in [0.3, 0.4) is 0 Å². The lowest BCUT2D eigenvalue weighted by molar-refractivity contribution is -0.127. The topological polar surface area (TPSA) is 64.3 Å². The largest absolute Gasteiger partial charge is 0.481 e. The number of nitrogens with one attached hydrogen (secondary N) is 1. The fourth-order valence-electron chi connectivity index (χ4n) is 1.18. The van der Waals surface area contributed by atoms with Crippen LogP contribution in [0.5, 0.6) is 5.75 Å². The Morgan fingerprint density at radius 3 is 2.47 bits per heavy atom. The highest BCUT2D eigenvalue weighted by Crippen LogP contribution is 2.10. The molecule has 1 aromatic carbocycles. The lowest BCUT2D eigenvalue weighted by Crippen LogP contribution is -2.44. The van der Waals surface area contributed by atoms with Gasteiger partial charge in [-0.2, -0.15) is 0 Å². The summed E-state index contributed by atoms with van der Waals surface area (Å²) < 4.78 is 5.47. The molecule has 4 nitrogen and oxygen atoms in total. The highest BCUT2D eigenvalue weighted by atomic mass is 35.5. The van der Waals surface area contributed by atoms with E-state index in [-0.39, 0.29) is 24.4 Å². The molecule has 0 radical (unpaired) electrons. The number of para-hydroxylation sites is 1. The van der Waals surface area contributed by atoms with Crippen molar-refractivity contribution in [2.24, 2.45) is 5.73 Å². The van der Waals surface area contributed by atoms with E-state index in [0.29, 0.717) is 12.3 Å². The van der Waals surface area contributed by atoms with Crippen molar-refractivity contribution in [1.82, 2.24) is 5.32 Å². The molecule has 0 aliphatic rings. The number of carbonyl (C=O) groups excluding carboxylic acids is 1. The van der Waals surface area contributed by atoms with Crippen molar-refractivity contribution < 1.29 is 9.53 Å². The third kappa shape index (κ3) is 5.56. The smallest absolute Gasteiger partial charge is 0.261 e. The van der Waals surface area contributed by atoms with Crippen molar-refractivity contribution in [2.45, 2.75) is 26.0 Å². The molecule has 0 fully saturated rings. The van der Waals surface area contributed by atoms with E-state index in [1.165, 1.54) is 0 Å². The lowest BCUT2D eigenvalue weighted by Gasteiger charge is -2.17. The van der Waals surface area contributed by atoms with E-state index >= 15 is 0 Å². The summed E-state index contributed by atoms with van der Waals surface area (Å²) in [5.41, 5.74) is 5.42. The Balaban J connectivity index is 0.00000256. The SMILES string of the molecule is CC(Oc1ccccc1)C(=O)N[C@@H](C)CN.Cl. The molecule has 0 bridgehead atoms. The lowest BCUT2D eigenvalue weighted by atomic mass is 10.3. The number of hydrogen-bond acceptors (Lipinski definition) is 3. The molecule has 0 saturated carbocycles. The van der Waals surface area contributed by atoms with Crippen LogP contribution < -0.4 is 15.8 Å². The number of carbonyl (C=O) groups is 1. The van der Waals surface area contributed by atoms with Crippen LogP contribution in [0.1, 0.15) is 13.8 Å². The molecule has 1 aromatic rings. The van der Waals surface area contributed by atoms with Gasteiger partial charge in [-0.15, -0.1) is 12.4 Å². The number of hydrogen-bond donors (Lipinski definition) is 2. The van der Waals surface area contributed by atoms with Crippen LogP contribution in [0.2, 0.25) is 0 Å². The van der Waals surface area contributed by atoms with Gasteiger partial charge in [0.25, 0.3) is 5.91 Å². The van der Waals surface area contributed by atoms with Crippen LogP contribution in [0.25, 0.3) is 0 Å². The molecule has 1 amide bonds. The second kappa shape index (κ2) is 7.92. The van der Waals surface area contributed by atoms with Crippen molar-refractivity contribution in [3.63, 3.8) is 0 Å². The predicted molar refractivity (Wildman–Crippen MR) is 70.4 cm³/mol. The second-order valence-corrected chi connectivity index (χ2v) is 3.72. The average molecular weight is 259 g/mol. The van der Waals surface area contributed by atoms with Crippen LogP contribution >= 0.6 is 12.4 Å². The van der Waals surface area contributed by atoms with Gasteiger partial charge in [0.05, 0.1) is 0 Å². The van der Waals surface area contributed by atoms with Gasteiger partial charge in [-0.3, -0.25) is 4.79 Å². The molecular formula is C12H19ClN2O2. The molecule has 0 aliphatic heterocycles. The van der Waals surface area contributed by atoms with Gasteiger partial charge >= 0.3 is 0 Å². The average Bonchev–Trinajstić information content (AvgIpc) is 2.30. The van der Waals surface area contributed by atoms with E-state index in [4.69, 9.17) is 10.5 Å². The first-order chi connectivity index (χ1) is 7.63. The number of halogens is 1. The normalized spacial score (nSPS) is 13.1. The van der Waals surface area contributed by atoms with Crippen molar-refractivity contribution >= 4 is 18.3 Å². The molecule has 3 N–H and O–H groups in total. The summed E-state index contributed by atoms with van der Waals surface area (Å²) in [6, 6.07) is 9.22. The van der Waals surface area contributed by atoms with Crippen molar-refractivity contribution in [2.75, 3.05) is 6.54 Å². The van der Waals surface area contributed by atoms with Crippen LogP contribution in [-0.2, 0) is 4.79 Å². The summed E-state index contributed by atoms with van der Waals surface area (Å²) in [6.45, 7) is 3.99. The Kier molecular flexibility index (Phi) is 7.34. The number of benzene rings is 1. The zero-order valence-corrected chi connectivity index (χ0v) is 10.9. The van der Waals surface area contributed by atoms with E-state index in [1.807, 2.05) is 37.3 Å². The maximum absolute atomic E-state index is 11.6. The molecule has 17 heavy (non-hydrogen) atoms. The molecule has 2 atom stereocenters. The molecule has 0 heterocycles. The molecule has 1 unspecified atom stereocenters. The maximum atomic E-state index is 11.6. The summed E-state index contributed by atoms with van der Waals surface area (Å²) in [6.07, 6.45) is -0.517. The van der Waals surface area contributed by atoms with E-state index < -0.39 is 6.10 Å². The van der Waals surface area contributed by atoms with Gasteiger partial charge in [-0.25, -0.2) is 0 Å². The van der Waals surface area contributed by atoms with Gasteiger partial charge < -0.3 is 15.8 Å². The van der Waals surface area contributed by atoms with Crippen molar-refractivity contribution in [3.8, 4) is 5.75 Å². The van der Waals surface area contributed by atoms with Gasteiger partial charge in [0.1, 0.15) is 5.75 Å². The van der Waals surface area contributed by atoms with E-state index in [1.54, 1.807) is 6.92 Å². The molecule has 0 aliphatic carbocycles. The second-order valence-electron chi connectivity index (χ2n) is 3.72. The standard InChI is InChI=1S/C12H18N2O2.ClH/c1-9(8-13)14-12(15)10(2)16-11-6-4-3-5-7-11;/h3-7,9-10H,8,13H2,1-2H3,(H,14,15);1H/t9-,10?;/m0./s1. The molecule has 0 spiro atoms. The summed E-state index contributed by atoms with van der Waals surface area (Å²) in [7, 11) is 0. The summed E-state index contributed by atoms with van der Waals surface area (Å²) in [5.74, 6) is 0.535. The Labute approximate surface area is 108 Å². The minimum atomic E-state index is -0.517. The highest BCUT2D eigenvalue weighted by Gasteiger charge is 2.15. The summed E-state index contributed by atoms with van der Waals surface area (Å²) in [5, 5.41) is 2.76. The van der Waals surface area contributed by atoms with Gasteiger partial charge in [-0.1, -0.05) is 18.2 Å². The van der Waals surface area contributed by atoms with Crippen LogP contribution in [0.15, 0.2) is 30.3 Å². The van der Waals surface area contributed by atoms with E-state index in [2.05, 4.69) is 5.32 Å². The highest BCUT2D eigenvalue weighted by molar-refractivity contribution is 5.85. The third-order valence-electron chi connectivity index (χ3n) is 2.17. The molecule has 96 valence electrons. The van der Waals surface area contributed by atoms with Crippen LogP contribution in [0.4, 0.5) is 0 Å². The first-order valence-corrected chi connectivity index (χ1v) is 5.35. The van der Waals surface area contributed by atoms with Crippen molar-refractivity contribution in [3.05, 3.63) is 30.3 Å². The zero-order valence-electron chi connectivity index (χ0n) is 10.1. The van der Waals surface area contributed by atoms with Gasteiger partial charge in [0, 0.05) is 12.6 Å². The van der Waals surface area contributed by atoms with Gasteiger partial charge in [0.15, 0.2) is 6.10 Å². The van der Waals surface area contributed by atoms with Crippen LogP contribution in [0, 0.1) is 0 Å². The Morgan fingerprint density at radius 2 is 1.94 bits per heavy atom. The Hall–Kier alpha value is -1.26. The first-order valence-electron chi connectivity index (χ1n) is 5.35. The molecule has 5 heteroatoms. The van der Waals surface area contributed by atoms with Crippen LogP contribution in [-0.4, -0.2) is 24.6 Å². The first kappa shape index (κ1) is 15.7. The quantitative estimate of drug-likeness (QED) is 0.838. The Bertz CT molecular complexity index is 333. The van der Waals surface area contributed by atoms with Gasteiger partial charge in [-0.05, 0) is 26.0 Å². The maximum Gasteiger partial charge on any atom is 0.261 e.